The lowest BCUT2D eigenvalue weighted by molar-refractivity contribution is -0.193. The largest absolute Gasteiger partial charge is 0.491 e. The third-order valence-corrected chi connectivity index (χ3v) is 28.2. The summed E-state index contributed by atoms with van der Waals surface area (Å²) in [6, 6.07) is 31.1. The van der Waals surface area contributed by atoms with E-state index < -0.39 is 0 Å². The Labute approximate surface area is 788 Å². The highest BCUT2D eigenvalue weighted by atomic mass is 32.1. The van der Waals surface area contributed by atoms with Crippen LogP contribution in [0.15, 0.2) is 134 Å². The fraction of sp³-hybridized carbons (Fsp3) is 0.604. The van der Waals surface area contributed by atoms with Crippen LogP contribution in [0.5, 0.6) is 23.0 Å². The molecule has 25 nitrogen and oxygen atoms in total. The molecule has 8 saturated heterocycles. The Balaban J connectivity index is 0.000000150. The fourth-order valence-corrected chi connectivity index (χ4v) is 21.1. The molecule has 0 aliphatic carbocycles. The van der Waals surface area contributed by atoms with Crippen molar-refractivity contribution in [3.63, 3.8) is 0 Å². The van der Waals surface area contributed by atoms with Crippen molar-refractivity contribution in [2.75, 3.05) is 72.2 Å². The first-order valence-corrected chi connectivity index (χ1v) is 49.8. The molecule has 26 heteroatoms. The Bertz CT molecular complexity index is 5020. The summed E-state index contributed by atoms with van der Waals surface area (Å²) in [4.78, 5) is 70.5. The number of benzene rings is 4. The van der Waals surface area contributed by atoms with Crippen molar-refractivity contribution in [2.45, 2.75) is 322 Å². The van der Waals surface area contributed by atoms with Gasteiger partial charge in [0.15, 0.2) is 0 Å². The monoisotopic (exact) mass is 1830 g/mol. The molecule has 4 spiro atoms. The van der Waals surface area contributed by atoms with Crippen LogP contribution in [0.2, 0.25) is 0 Å². The second-order valence-electron chi connectivity index (χ2n) is 39.0. The minimum Gasteiger partial charge on any atom is -0.491 e. The molecule has 8 unspecified atom stereocenters. The average Bonchev–Trinajstić information content (AvgIpc) is 1.28. The average molecular weight is 1830 g/mol. The molecule has 0 N–H and O–H groups in total. The smallest absolute Gasteiger partial charge is 0.253 e. The second kappa shape index (κ2) is 45.9. The molecule has 16 rings (SSSR count). The number of piperidine rings is 4. The van der Waals surface area contributed by atoms with Crippen molar-refractivity contribution < 1.29 is 71.3 Å². The molecule has 0 radical (unpaired) electrons. The minimum absolute atomic E-state index is 0.0199. The van der Waals surface area contributed by atoms with Crippen LogP contribution in [0.3, 0.4) is 0 Å². The van der Waals surface area contributed by atoms with E-state index in [2.05, 4.69) is 47.0 Å². The van der Waals surface area contributed by atoms with Gasteiger partial charge in [-0.3, -0.25) is 38.5 Å². The summed E-state index contributed by atoms with van der Waals surface area (Å²) in [7, 11) is 3.92. The molecule has 8 aliphatic rings. The van der Waals surface area contributed by atoms with Crippen molar-refractivity contribution in [1.29, 1.82) is 0 Å². The predicted molar refractivity (Wildman–Crippen MR) is 514 cm³/mol. The molecule has 8 aromatic rings. The Kier molecular flexibility index (Phi) is 34.9. The number of nitrogens with zero attached hydrogens (tertiary/aromatic N) is 10. The minimum atomic E-state index is -0.271. The van der Waals surface area contributed by atoms with E-state index in [1.807, 2.05) is 261 Å². The van der Waals surface area contributed by atoms with Crippen molar-refractivity contribution in [3.8, 4) is 23.0 Å². The van der Waals surface area contributed by atoms with Gasteiger partial charge in [-0.2, -0.15) is 10.2 Å². The van der Waals surface area contributed by atoms with Crippen molar-refractivity contribution in [1.82, 2.24) is 49.1 Å². The number of pyridine rings is 1. The summed E-state index contributed by atoms with van der Waals surface area (Å²) in [5.41, 5.74) is 11.1. The third kappa shape index (κ3) is 25.9. The number of likely N-dealkylation sites (tertiary alicyclic amines) is 4. The zero-order valence-electron chi connectivity index (χ0n) is 81.8. The second-order valence-corrected chi connectivity index (χ2v) is 39.9. The summed E-state index contributed by atoms with van der Waals surface area (Å²) >= 11 is 1.64. The van der Waals surface area contributed by atoms with Crippen LogP contribution >= 0.6 is 11.3 Å². The van der Waals surface area contributed by atoms with Crippen molar-refractivity contribution >= 4 is 35.0 Å². The number of ether oxygens (including phenoxy) is 11. The van der Waals surface area contributed by atoms with E-state index in [-0.39, 0.29) is 113 Å². The van der Waals surface area contributed by atoms with Gasteiger partial charge in [0.1, 0.15) is 35.2 Å². The van der Waals surface area contributed by atoms with Gasteiger partial charge in [0.05, 0.1) is 99.1 Å². The number of hydrogen-bond donors (Lipinski definition) is 0. The van der Waals surface area contributed by atoms with Gasteiger partial charge in [-0.25, -0.2) is 0 Å². The number of carbonyl (C=O) groups excluding carboxylic acids is 4. The first-order valence-electron chi connectivity index (χ1n) is 48.9. The van der Waals surface area contributed by atoms with Gasteiger partial charge in [0.25, 0.3) is 23.6 Å². The molecule has 132 heavy (non-hydrogen) atoms. The van der Waals surface area contributed by atoms with Gasteiger partial charge in [-0.15, -0.1) is 11.3 Å². The van der Waals surface area contributed by atoms with Crippen LogP contribution in [0.4, 0.5) is 0 Å². The van der Waals surface area contributed by atoms with E-state index in [1.54, 1.807) is 11.3 Å². The number of rotatable bonds is 25. The highest BCUT2D eigenvalue weighted by molar-refractivity contribution is 7.09. The molecule has 4 aromatic heterocycles. The molecule has 8 aliphatic heterocycles. The zero-order valence-corrected chi connectivity index (χ0v) is 82.7. The molecule has 0 bridgehead atoms. The summed E-state index contributed by atoms with van der Waals surface area (Å²) in [5, 5.41) is 8.67. The van der Waals surface area contributed by atoms with E-state index in [4.69, 9.17) is 52.1 Å². The summed E-state index contributed by atoms with van der Waals surface area (Å²) < 4.78 is 72.5. The lowest BCUT2D eigenvalue weighted by Crippen LogP contribution is -2.52. The number of hydrogen-bond acceptors (Lipinski definition) is 20. The molecule has 4 aromatic carbocycles. The maximum Gasteiger partial charge on any atom is 0.253 e. The Morgan fingerprint density at radius 1 is 0.409 bits per heavy atom. The van der Waals surface area contributed by atoms with Crippen LogP contribution < -0.4 is 18.9 Å². The van der Waals surface area contributed by atoms with Crippen LogP contribution in [0.1, 0.15) is 315 Å². The zero-order chi connectivity index (χ0) is 94.0. The lowest BCUT2D eigenvalue weighted by Gasteiger charge is -2.49. The molecule has 0 saturated carbocycles. The van der Waals surface area contributed by atoms with Crippen molar-refractivity contribution in [3.05, 3.63) is 200 Å². The lowest BCUT2D eigenvalue weighted by atomic mass is 9.76. The quantitative estimate of drug-likeness (QED) is 0.0516. The number of aromatic nitrogens is 6. The third-order valence-electron chi connectivity index (χ3n) is 27.3. The highest BCUT2D eigenvalue weighted by Gasteiger charge is 2.51. The predicted octanol–water partition coefficient (Wildman–Crippen LogP) is 20.6. The van der Waals surface area contributed by atoms with Crippen LogP contribution in [-0.2, 0) is 47.3 Å². The normalized spacial score (nSPS) is 22.6. The van der Waals surface area contributed by atoms with Gasteiger partial charge >= 0.3 is 0 Å². The highest BCUT2D eigenvalue weighted by Crippen LogP contribution is 2.50. The van der Waals surface area contributed by atoms with Gasteiger partial charge in [-0.1, -0.05) is 33.3 Å². The van der Waals surface area contributed by atoms with Gasteiger partial charge in [0, 0.05) is 178 Å². The first kappa shape index (κ1) is 100. The van der Waals surface area contributed by atoms with Gasteiger partial charge in [0.2, 0.25) is 0 Å². The maximum absolute atomic E-state index is 13.3. The van der Waals surface area contributed by atoms with Crippen LogP contribution in [0, 0.1) is 33.6 Å². The Morgan fingerprint density at radius 2 is 0.750 bits per heavy atom. The molecule has 8 atom stereocenters. The number of aryl methyl sites for hydroxylation is 6. The SMILES string of the molecule is CCC1CC(c2cccnc2)OC2(CCN(C(=O)c3ccc(OC(C)C)c(C)c3)CC2)C1.CCCOC1CC(c2ccnn2C)OC2(CCN(C(=O)c3ccc(OC(C)C)c(C)c3)CC2)C1.CCCOC1CC(c2cncs2)OC2(CCN(C(=O)c3ccc(OC(C)C)c(C)c3)CC2)C1.CCOC1CC(c2ccnn2C)OC2(CCN(C(=O)c3ccc(OC(C)C)c(C)c3)CC2)C1. The number of amides is 4. The summed E-state index contributed by atoms with van der Waals surface area (Å²) in [6.07, 6.45) is 27.5. The maximum atomic E-state index is 13.3. The Hall–Kier alpha value is -9.12. The van der Waals surface area contributed by atoms with Crippen LogP contribution in [-0.4, -0.2) is 210 Å². The number of thiazole rings is 1. The summed E-state index contributed by atoms with van der Waals surface area (Å²) in [5.74, 6) is 4.32. The topological polar surface area (TPSA) is 244 Å². The standard InChI is InChI=1S/C27H39N3O4.C27H36N2O3.C26H37N3O4.C26H36N2O4S/c1-6-15-32-22-17-25(23-9-12-28-29(23)5)34-27(18-22)10-13-30(14-11-27)26(31)21-7-8-24(20(4)16-21)33-19(2)3;1-5-21-16-25(23-7-6-12-28-18-23)32-27(17-21)10-13-29(14-11-27)26(30)22-8-9-24(20(4)15-22)31-19(2)3;1-6-31-21-16-24(22-9-12-27-28(22)5)33-26(17-21)10-13-29(14-11-26)25(30)20-7-8-23(19(4)15-20)32-18(2)3;1-5-12-30-21-14-23(24-16-27-17-33-24)32-26(15-21)8-10-28(11-9-26)25(29)20-6-7-22(19(4)13-20)31-18(2)3/h7-9,12,16,19,22,25H,6,10-11,13-15,17-18H2,1-5H3;6-9,12,15,18-19,21,25H,5,10-11,13-14,16-17H2,1-4H3;7-9,12,15,18,21,24H,6,10-11,13-14,16-17H2,1-5H3;6-7,13,16-18,21,23H,5,8-12,14-15H2,1-4H3. The molecular weight excluding hydrogens is 1690 g/mol. The van der Waals surface area contributed by atoms with Crippen LogP contribution in [0.25, 0.3) is 0 Å². The van der Waals surface area contributed by atoms with E-state index >= 15 is 0 Å². The molecule has 12 heterocycles. The van der Waals surface area contributed by atoms with E-state index in [0.717, 1.165) is 221 Å². The summed E-state index contributed by atoms with van der Waals surface area (Å²) in [6.45, 7) is 40.4. The molecule has 4 amide bonds. The fourth-order valence-electron chi connectivity index (χ4n) is 20.5. The van der Waals surface area contributed by atoms with Gasteiger partial charge < -0.3 is 71.7 Å². The molecular formula is C106H148N10O15S. The van der Waals surface area contributed by atoms with E-state index in [9.17, 15) is 19.2 Å². The molecule has 8 fully saturated rings. The molecule has 718 valence electrons. The van der Waals surface area contributed by atoms with Crippen molar-refractivity contribution in [2.24, 2.45) is 20.0 Å². The first-order chi connectivity index (χ1) is 63.4. The Morgan fingerprint density at radius 3 is 1.05 bits per heavy atom. The van der Waals surface area contributed by atoms with E-state index in [1.165, 1.54) is 5.56 Å². The van der Waals surface area contributed by atoms with Gasteiger partial charge in [-0.05, 0) is 292 Å². The van der Waals surface area contributed by atoms with E-state index in [0.29, 0.717) is 62.9 Å². The number of carbonyl (C=O) groups is 4.